The number of ether oxygens (including phenoxy) is 2. The summed E-state index contributed by atoms with van der Waals surface area (Å²) < 4.78 is 12.1. The SMILES string of the molecule is COc1cc(Br)cc(/C=C2/C(=O)NN(c3ccccc3)C2=O)c1OCc1ccc([N+](=O)[O-])cc1. The molecule has 1 aliphatic rings. The number of nitrogens with zero attached hydrogens (tertiary/aromatic N) is 2. The Hall–Kier alpha value is -4.18. The largest absolute Gasteiger partial charge is 0.493 e. The van der Waals surface area contributed by atoms with Crippen LogP contribution in [0.25, 0.3) is 6.08 Å². The van der Waals surface area contributed by atoms with Gasteiger partial charge in [-0.3, -0.25) is 25.1 Å². The van der Waals surface area contributed by atoms with Gasteiger partial charge < -0.3 is 9.47 Å². The average Bonchev–Trinajstić information content (AvgIpc) is 3.12. The standard InChI is InChI=1S/C24H18BrN3O6/c1-33-21-13-17(25)11-16(22(21)34-14-15-7-9-19(10-8-15)28(31)32)12-20-23(29)26-27(24(20)30)18-5-3-2-4-6-18/h2-13H,14H2,1H3,(H,26,29)/b20-12-. The van der Waals surface area contributed by atoms with E-state index in [1.807, 2.05) is 6.07 Å². The second-order valence-electron chi connectivity index (χ2n) is 7.21. The van der Waals surface area contributed by atoms with Crippen molar-refractivity contribution in [3.63, 3.8) is 0 Å². The number of carbonyl (C=O) groups excluding carboxylic acids is 2. The fourth-order valence-electron chi connectivity index (χ4n) is 3.34. The summed E-state index contributed by atoms with van der Waals surface area (Å²) in [6.07, 6.45) is 1.44. The smallest absolute Gasteiger partial charge is 0.282 e. The number of hydrazine groups is 1. The Morgan fingerprint density at radius 3 is 2.44 bits per heavy atom. The van der Waals surface area contributed by atoms with Crippen molar-refractivity contribution in [2.45, 2.75) is 6.61 Å². The van der Waals surface area contributed by atoms with E-state index in [1.165, 1.54) is 30.3 Å². The minimum absolute atomic E-state index is 0.0240. The van der Waals surface area contributed by atoms with Crippen LogP contribution in [0.2, 0.25) is 0 Å². The van der Waals surface area contributed by atoms with Crippen molar-refractivity contribution in [1.29, 1.82) is 0 Å². The topological polar surface area (TPSA) is 111 Å². The number of methoxy groups -OCH3 is 1. The van der Waals surface area contributed by atoms with Gasteiger partial charge in [-0.25, -0.2) is 5.01 Å². The van der Waals surface area contributed by atoms with E-state index in [4.69, 9.17) is 9.47 Å². The van der Waals surface area contributed by atoms with Gasteiger partial charge in [0.1, 0.15) is 12.2 Å². The van der Waals surface area contributed by atoms with Crippen molar-refractivity contribution >= 4 is 45.2 Å². The number of nitro benzene ring substituents is 1. The molecule has 0 radical (unpaired) electrons. The van der Waals surface area contributed by atoms with Crippen LogP contribution < -0.4 is 19.9 Å². The van der Waals surface area contributed by atoms with Crippen LogP contribution in [0, 0.1) is 10.1 Å². The minimum Gasteiger partial charge on any atom is -0.493 e. The first-order chi connectivity index (χ1) is 16.4. The minimum atomic E-state index is -0.547. The van der Waals surface area contributed by atoms with Crippen molar-refractivity contribution in [1.82, 2.24) is 5.43 Å². The second-order valence-corrected chi connectivity index (χ2v) is 8.13. The molecule has 4 rings (SSSR count). The van der Waals surface area contributed by atoms with E-state index >= 15 is 0 Å². The fraction of sp³-hybridized carbons (Fsp3) is 0.0833. The molecule has 1 heterocycles. The van der Waals surface area contributed by atoms with E-state index in [0.29, 0.717) is 32.8 Å². The van der Waals surface area contributed by atoms with Crippen LogP contribution in [-0.2, 0) is 16.2 Å². The van der Waals surface area contributed by atoms with Gasteiger partial charge in [-0.2, -0.15) is 0 Å². The molecule has 1 aliphatic heterocycles. The molecular weight excluding hydrogens is 506 g/mol. The lowest BCUT2D eigenvalue weighted by atomic mass is 10.1. The highest BCUT2D eigenvalue weighted by atomic mass is 79.9. The summed E-state index contributed by atoms with van der Waals surface area (Å²) in [6, 6.07) is 18.1. The number of non-ortho nitro benzene ring substituents is 1. The monoisotopic (exact) mass is 523 g/mol. The molecule has 0 saturated carbocycles. The molecule has 3 aromatic carbocycles. The van der Waals surface area contributed by atoms with Crippen LogP contribution in [-0.4, -0.2) is 23.8 Å². The van der Waals surface area contributed by atoms with Gasteiger partial charge in [0.15, 0.2) is 11.5 Å². The van der Waals surface area contributed by atoms with E-state index < -0.39 is 16.7 Å². The molecule has 0 spiro atoms. The molecule has 10 heteroatoms. The Morgan fingerprint density at radius 2 is 1.79 bits per heavy atom. The van der Waals surface area contributed by atoms with E-state index in [0.717, 1.165) is 0 Å². The molecule has 172 valence electrons. The summed E-state index contributed by atoms with van der Waals surface area (Å²) in [5.41, 5.74) is 4.15. The van der Waals surface area contributed by atoms with Gasteiger partial charge in [0.25, 0.3) is 17.5 Å². The van der Waals surface area contributed by atoms with Gasteiger partial charge >= 0.3 is 0 Å². The van der Waals surface area contributed by atoms with E-state index in [2.05, 4.69) is 21.4 Å². The summed E-state index contributed by atoms with van der Waals surface area (Å²) in [4.78, 5) is 36.0. The lowest BCUT2D eigenvalue weighted by Gasteiger charge is -2.15. The highest BCUT2D eigenvalue weighted by Gasteiger charge is 2.34. The lowest BCUT2D eigenvalue weighted by molar-refractivity contribution is -0.384. The van der Waals surface area contributed by atoms with Gasteiger partial charge in [-0.1, -0.05) is 34.1 Å². The molecule has 0 aliphatic carbocycles. The number of rotatable bonds is 7. The van der Waals surface area contributed by atoms with Crippen LogP contribution in [0.1, 0.15) is 11.1 Å². The number of amides is 2. The quantitative estimate of drug-likeness (QED) is 0.212. The van der Waals surface area contributed by atoms with E-state index in [9.17, 15) is 19.7 Å². The number of hydrogen-bond donors (Lipinski definition) is 1. The molecule has 34 heavy (non-hydrogen) atoms. The maximum atomic E-state index is 13.0. The first-order valence-electron chi connectivity index (χ1n) is 10.0. The number of carbonyl (C=O) groups is 2. The average molecular weight is 524 g/mol. The van der Waals surface area contributed by atoms with Gasteiger partial charge in [-0.05, 0) is 48.0 Å². The van der Waals surface area contributed by atoms with Crippen LogP contribution in [0.5, 0.6) is 11.5 Å². The van der Waals surface area contributed by atoms with Gasteiger partial charge in [0, 0.05) is 22.2 Å². The molecule has 1 N–H and O–H groups in total. The van der Waals surface area contributed by atoms with Gasteiger partial charge in [0.05, 0.1) is 17.7 Å². The molecule has 2 amide bonds. The Morgan fingerprint density at radius 1 is 1.09 bits per heavy atom. The zero-order chi connectivity index (χ0) is 24.2. The zero-order valence-electron chi connectivity index (χ0n) is 17.9. The molecule has 9 nitrogen and oxygen atoms in total. The van der Waals surface area contributed by atoms with Crippen LogP contribution >= 0.6 is 15.9 Å². The second kappa shape index (κ2) is 9.75. The summed E-state index contributed by atoms with van der Waals surface area (Å²) >= 11 is 3.41. The number of nitro groups is 1. The highest BCUT2D eigenvalue weighted by molar-refractivity contribution is 9.10. The lowest BCUT2D eigenvalue weighted by Crippen LogP contribution is -2.35. The number of nitrogens with one attached hydrogen (secondary N) is 1. The zero-order valence-corrected chi connectivity index (χ0v) is 19.4. The molecular formula is C24H18BrN3O6. The highest BCUT2D eigenvalue weighted by Crippen LogP contribution is 2.37. The first kappa shape index (κ1) is 23.0. The Kier molecular flexibility index (Phi) is 6.60. The summed E-state index contributed by atoms with van der Waals surface area (Å²) in [5.74, 6) is -0.352. The summed E-state index contributed by atoms with van der Waals surface area (Å²) in [6.45, 7) is 0.0858. The third kappa shape index (κ3) is 4.76. The summed E-state index contributed by atoms with van der Waals surface area (Å²) in [5, 5.41) is 12.0. The molecule has 1 saturated heterocycles. The van der Waals surface area contributed by atoms with Crippen molar-refractivity contribution in [3.05, 3.63) is 98.0 Å². The maximum Gasteiger partial charge on any atom is 0.282 e. The van der Waals surface area contributed by atoms with E-state index in [1.54, 1.807) is 48.5 Å². The molecule has 0 aromatic heterocycles. The van der Waals surface area contributed by atoms with E-state index in [-0.39, 0.29) is 17.9 Å². The molecule has 1 fully saturated rings. The Bertz CT molecular complexity index is 1290. The van der Waals surface area contributed by atoms with Crippen molar-refractivity contribution in [2.24, 2.45) is 0 Å². The van der Waals surface area contributed by atoms with Crippen molar-refractivity contribution in [3.8, 4) is 11.5 Å². The Balaban J connectivity index is 1.66. The first-order valence-corrected chi connectivity index (χ1v) is 10.8. The van der Waals surface area contributed by atoms with Crippen LogP contribution in [0.3, 0.4) is 0 Å². The Labute approximate surface area is 202 Å². The van der Waals surface area contributed by atoms with Crippen molar-refractivity contribution in [2.75, 3.05) is 12.1 Å². The number of halogens is 1. The number of hydrogen-bond acceptors (Lipinski definition) is 6. The van der Waals surface area contributed by atoms with Crippen LogP contribution in [0.4, 0.5) is 11.4 Å². The maximum absolute atomic E-state index is 13.0. The third-order valence-corrected chi connectivity index (χ3v) is 5.46. The van der Waals surface area contributed by atoms with Crippen molar-refractivity contribution < 1.29 is 24.0 Å². The predicted molar refractivity (Wildman–Crippen MR) is 128 cm³/mol. The number of anilines is 1. The normalized spacial score (nSPS) is 14.3. The number of benzene rings is 3. The van der Waals surface area contributed by atoms with Gasteiger partial charge in [-0.15, -0.1) is 0 Å². The molecule has 0 atom stereocenters. The predicted octanol–water partition coefficient (Wildman–Crippen LogP) is 4.41. The molecule has 3 aromatic rings. The third-order valence-electron chi connectivity index (χ3n) is 5.00. The number of para-hydroxylation sites is 1. The van der Waals surface area contributed by atoms with Gasteiger partial charge in [0.2, 0.25) is 0 Å². The molecule has 0 unspecified atom stereocenters. The molecule has 0 bridgehead atoms. The van der Waals surface area contributed by atoms with Crippen LogP contribution in [0.15, 0.2) is 76.8 Å². The fourth-order valence-corrected chi connectivity index (χ4v) is 3.80. The summed E-state index contributed by atoms with van der Waals surface area (Å²) in [7, 11) is 1.47.